The summed E-state index contributed by atoms with van der Waals surface area (Å²) in [5.41, 5.74) is 1.95. The number of H-pyrrole nitrogens is 1. The van der Waals surface area contributed by atoms with Gasteiger partial charge in [0.05, 0.1) is 12.7 Å². The minimum absolute atomic E-state index is 0.116. The van der Waals surface area contributed by atoms with E-state index in [1.165, 1.54) is 31.2 Å². The summed E-state index contributed by atoms with van der Waals surface area (Å²) in [6.45, 7) is 5.00. The van der Waals surface area contributed by atoms with Crippen molar-refractivity contribution in [1.29, 1.82) is 0 Å². The van der Waals surface area contributed by atoms with Crippen LogP contribution in [0.2, 0.25) is 0 Å². The Bertz CT molecular complexity index is 1250. The number of nitrogens with one attached hydrogen (secondary N) is 2. The third-order valence-corrected chi connectivity index (χ3v) is 6.93. The maximum absolute atomic E-state index is 14.1. The predicted molar refractivity (Wildman–Crippen MR) is 135 cm³/mol. The monoisotopic (exact) mass is 498 g/mol. The number of carbonyl (C=O) groups is 1. The van der Waals surface area contributed by atoms with Crippen LogP contribution in [0.15, 0.2) is 42.5 Å². The summed E-state index contributed by atoms with van der Waals surface area (Å²) in [5, 5.41) is 15.8. The topological polar surface area (TPSA) is 84.3 Å². The summed E-state index contributed by atoms with van der Waals surface area (Å²) in [6.07, 6.45) is 1.62. The van der Waals surface area contributed by atoms with Gasteiger partial charge in [0.15, 0.2) is 5.69 Å². The van der Waals surface area contributed by atoms with Gasteiger partial charge in [0.2, 0.25) is 5.69 Å². The Kier molecular flexibility index (Phi) is 7.31. The molecule has 192 valence electrons. The van der Waals surface area contributed by atoms with E-state index in [4.69, 9.17) is 4.74 Å². The zero-order valence-corrected chi connectivity index (χ0v) is 21.0. The van der Waals surface area contributed by atoms with Crippen molar-refractivity contribution in [3.05, 3.63) is 70.2 Å². The predicted octanol–water partition coefficient (Wildman–Crippen LogP) is 5.20. The number of methoxy groups -OCH3 is 1. The van der Waals surface area contributed by atoms with Gasteiger partial charge in [-0.2, -0.15) is 0 Å². The summed E-state index contributed by atoms with van der Waals surface area (Å²) in [7, 11) is 3.73. The van der Waals surface area contributed by atoms with Crippen molar-refractivity contribution >= 4 is 11.6 Å². The number of carbonyl (C=O) groups excluding carboxylic acids is 1. The fourth-order valence-electron chi connectivity index (χ4n) is 4.74. The van der Waals surface area contributed by atoms with Gasteiger partial charge in [-0.05, 0) is 74.8 Å². The van der Waals surface area contributed by atoms with E-state index in [9.17, 15) is 18.8 Å². The first-order valence-corrected chi connectivity index (χ1v) is 12.1. The van der Waals surface area contributed by atoms with Gasteiger partial charge in [0.1, 0.15) is 5.75 Å². The lowest BCUT2D eigenvalue weighted by Crippen LogP contribution is -2.36. The molecule has 0 unspecified atom stereocenters. The van der Waals surface area contributed by atoms with Crippen LogP contribution in [0.25, 0.3) is 11.4 Å². The normalized spacial score (nSPS) is 15.2. The SMILES string of the molecule is CCC(F)(F)c1cccc(NC(=O)c2c(C)[nH]c(-c3ccc(OC)c(C4CCN(C)CC4)c3)[n+]2[O-])c1. The van der Waals surface area contributed by atoms with Crippen LogP contribution in [0.4, 0.5) is 14.5 Å². The highest BCUT2D eigenvalue weighted by Crippen LogP contribution is 2.36. The van der Waals surface area contributed by atoms with E-state index in [2.05, 4.69) is 22.2 Å². The van der Waals surface area contributed by atoms with Crippen LogP contribution >= 0.6 is 0 Å². The van der Waals surface area contributed by atoms with Gasteiger partial charge in [-0.3, -0.25) is 4.79 Å². The Morgan fingerprint density at radius 3 is 2.64 bits per heavy atom. The number of hydrogen-bond acceptors (Lipinski definition) is 4. The quantitative estimate of drug-likeness (QED) is 0.347. The Balaban J connectivity index is 1.63. The first-order chi connectivity index (χ1) is 17.1. The van der Waals surface area contributed by atoms with Gasteiger partial charge in [-0.25, -0.2) is 18.5 Å². The molecule has 1 fully saturated rings. The van der Waals surface area contributed by atoms with Crippen molar-refractivity contribution in [1.82, 2.24) is 9.88 Å². The zero-order chi connectivity index (χ0) is 26.0. The molecule has 1 aliphatic rings. The molecule has 3 aromatic rings. The van der Waals surface area contributed by atoms with E-state index in [-0.39, 0.29) is 29.2 Å². The summed E-state index contributed by atoms with van der Waals surface area (Å²) in [5.74, 6) is -2.36. The highest BCUT2D eigenvalue weighted by molar-refractivity contribution is 6.02. The molecule has 7 nitrogen and oxygen atoms in total. The van der Waals surface area contributed by atoms with Crippen molar-refractivity contribution in [2.24, 2.45) is 0 Å². The number of alkyl halides is 2. The van der Waals surface area contributed by atoms with Gasteiger partial charge in [-0.1, -0.05) is 19.1 Å². The number of nitrogens with zero attached hydrogens (tertiary/aromatic N) is 2. The standard InChI is InChI=1S/C27H32F2N4O3/c1-5-27(28,29)20-7-6-8-21(16-20)31-26(34)24-17(2)30-25(33(24)35)19-9-10-23(36-4)22(15-19)18-11-13-32(3)14-12-18/h6-10,15-16,18,30H,5,11-14H2,1-4H3,(H,31,34). The molecule has 0 saturated carbocycles. The second kappa shape index (κ2) is 10.3. The fourth-order valence-corrected chi connectivity index (χ4v) is 4.74. The van der Waals surface area contributed by atoms with Crippen molar-refractivity contribution < 1.29 is 23.0 Å². The number of halogens is 2. The lowest BCUT2D eigenvalue weighted by molar-refractivity contribution is -0.594. The largest absolute Gasteiger partial charge is 0.710 e. The number of ether oxygens (including phenoxy) is 1. The van der Waals surface area contributed by atoms with E-state index in [0.717, 1.165) is 37.2 Å². The van der Waals surface area contributed by atoms with Crippen molar-refractivity contribution in [2.75, 3.05) is 32.6 Å². The van der Waals surface area contributed by atoms with E-state index >= 15 is 0 Å². The number of benzene rings is 2. The van der Waals surface area contributed by atoms with Crippen LogP contribution in [0.1, 0.15) is 59.4 Å². The molecule has 9 heteroatoms. The molecule has 2 N–H and O–H groups in total. The van der Waals surface area contributed by atoms with Crippen LogP contribution in [0, 0.1) is 12.1 Å². The van der Waals surface area contributed by atoms with Crippen molar-refractivity contribution in [3.8, 4) is 17.1 Å². The second-order valence-corrected chi connectivity index (χ2v) is 9.37. The molecule has 1 aliphatic heterocycles. The number of aromatic amines is 1. The number of imidazole rings is 1. The summed E-state index contributed by atoms with van der Waals surface area (Å²) >= 11 is 0. The van der Waals surface area contributed by atoms with Gasteiger partial charge in [0, 0.05) is 24.6 Å². The van der Waals surface area contributed by atoms with Crippen LogP contribution in [-0.4, -0.2) is 43.0 Å². The molecule has 1 amide bonds. The Hall–Kier alpha value is -3.46. The molecule has 0 aliphatic carbocycles. The number of anilines is 1. The lowest BCUT2D eigenvalue weighted by Gasteiger charge is -2.30. The fraction of sp³-hybridized carbons (Fsp3) is 0.407. The molecule has 4 rings (SSSR count). The van der Waals surface area contributed by atoms with Crippen molar-refractivity contribution in [3.63, 3.8) is 0 Å². The zero-order valence-electron chi connectivity index (χ0n) is 21.0. The van der Waals surface area contributed by atoms with Gasteiger partial charge in [-0.15, -0.1) is 0 Å². The molecular weight excluding hydrogens is 466 g/mol. The van der Waals surface area contributed by atoms with Crippen LogP contribution in [-0.2, 0) is 5.92 Å². The summed E-state index contributed by atoms with van der Waals surface area (Å²) in [4.78, 5) is 18.3. The maximum atomic E-state index is 14.1. The van der Waals surface area contributed by atoms with Crippen LogP contribution < -0.4 is 14.8 Å². The molecule has 2 heterocycles. The van der Waals surface area contributed by atoms with Gasteiger partial charge < -0.3 is 20.2 Å². The maximum Gasteiger partial charge on any atom is 0.300 e. The van der Waals surface area contributed by atoms with Crippen LogP contribution in [0.5, 0.6) is 5.75 Å². The van der Waals surface area contributed by atoms with Crippen molar-refractivity contribution in [2.45, 2.75) is 45.0 Å². The van der Waals surface area contributed by atoms with E-state index < -0.39 is 11.8 Å². The highest BCUT2D eigenvalue weighted by Gasteiger charge is 2.30. The number of likely N-dealkylation sites (tertiary alicyclic amines) is 1. The molecule has 0 atom stereocenters. The lowest BCUT2D eigenvalue weighted by atomic mass is 9.88. The average Bonchev–Trinajstić information content (AvgIpc) is 3.18. The number of piperidine rings is 1. The Morgan fingerprint density at radius 1 is 1.25 bits per heavy atom. The number of aromatic nitrogens is 2. The molecule has 0 radical (unpaired) electrons. The number of aryl methyl sites for hydroxylation is 1. The van der Waals surface area contributed by atoms with E-state index in [1.54, 1.807) is 20.1 Å². The minimum atomic E-state index is -3.00. The molecular formula is C27H32F2N4O3. The third kappa shape index (κ3) is 5.06. The van der Waals surface area contributed by atoms with Crippen LogP contribution in [0.3, 0.4) is 0 Å². The first kappa shape index (κ1) is 25.6. The van der Waals surface area contributed by atoms with Gasteiger partial charge >= 0.3 is 0 Å². The minimum Gasteiger partial charge on any atom is -0.710 e. The number of rotatable bonds is 7. The molecule has 0 bridgehead atoms. The highest BCUT2D eigenvalue weighted by atomic mass is 19.3. The number of hydrogen-bond donors (Lipinski definition) is 2. The Morgan fingerprint density at radius 2 is 1.97 bits per heavy atom. The smallest absolute Gasteiger partial charge is 0.300 e. The Labute approximate surface area is 209 Å². The second-order valence-electron chi connectivity index (χ2n) is 9.37. The molecule has 2 aromatic carbocycles. The molecule has 1 aromatic heterocycles. The molecule has 1 saturated heterocycles. The summed E-state index contributed by atoms with van der Waals surface area (Å²) in [6, 6.07) is 11.1. The number of amides is 1. The summed E-state index contributed by atoms with van der Waals surface area (Å²) < 4.78 is 34.4. The van der Waals surface area contributed by atoms with E-state index in [0.29, 0.717) is 21.9 Å². The molecule has 0 spiro atoms. The van der Waals surface area contributed by atoms with E-state index in [1.807, 2.05) is 12.1 Å². The first-order valence-electron chi connectivity index (χ1n) is 12.1. The molecule has 36 heavy (non-hydrogen) atoms. The average molecular weight is 499 g/mol. The third-order valence-electron chi connectivity index (χ3n) is 6.93. The van der Waals surface area contributed by atoms with Gasteiger partial charge in [0.25, 0.3) is 17.7 Å².